The summed E-state index contributed by atoms with van der Waals surface area (Å²) in [5.41, 5.74) is 0.712. The van der Waals surface area contributed by atoms with E-state index in [1.165, 1.54) is 12.4 Å². The van der Waals surface area contributed by atoms with Gasteiger partial charge in [-0.05, 0) is 24.3 Å². The zero-order valence-corrected chi connectivity index (χ0v) is 10.9. The SMILES string of the molecule is CSc1cc(NCCc2ccccc2F)ncn1. The van der Waals surface area contributed by atoms with E-state index in [-0.39, 0.29) is 5.82 Å². The number of nitrogens with one attached hydrogen (secondary N) is 1. The Morgan fingerprint density at radius 3 is 2.89 bits per heavy atom. The van der Waals surface area contributed by atoms with Crippen LogP contribution in [0, 0.1) is 5.82 Å². The predicted octanol–water partition coefficient (Wildman–Crippen LogP) is 2.99. The molecule has 2 aromatic rings. The maximum atomic E-state index is 13.4. The highest BCUT2D eigenvalue weighted by Gasteiger charge is 2.01. The molecule has 0 spiro atoms. The Kier molecular flexibility index (Phi) is 4.52. The fourth-order valence-corrected chi connectivity index (χ4v) is 1.96. The van der Waals surface area contributed by atoms with Crippen LogP contribution in [0.5, 0.6) is 0 Å². The number of rotatable bonds is 5. The van der Waals surface area contributed by atoms with Gasteiger partial charge < -0.3 is 5.32 Å². The summed E-state index contributed by atoms with van der Waals surface area (Å²) in [5.74, 6) is 0.609. The third-order valence-corrected chi connectivity index (χ3v) is 3.15. The molecule has 3 nitrogen and oxygen atoms in total. The molecule has 0 amide bonds. The minimum Gasteiger partial charge on any atom is -0.370 e. The van der Waals surface area contributed by atoms with E-state index in [0.717, 1.165) is 10.8 Å². The molecule has 1 aromatic carbocycles. The quantitative estimate of drug-likeness (QED) is 0.665. The molecule has 1 aromatic heterocycles. The fourth-order valence-electron chi connectivity index (χ4n) is 1.57. The molecule has 0 atom stereocenters. The molecule has 0 aliphatic heterocycles. The van der Waals surface area contributed by atoms with E-state index in [4.69, 9.17) is 0 Å². The standard InChI is InChI=1S/C13H14FN3S/c1-18-13-8-12(16-9-17-13)15-7-6-10-4-2-3-5-11(10)14/h2-5,8-9H,6-7H2,1H3,(H,15,16,17). The molecule has 18 heavy (non-hydrogen) atoms. The minimum absolute atomic E-state index is 0.160. The monoisotopic (exact) mass is 263 g/mol. The lowest BCUT2D eigenvalue weighted by Gasteiger charge is -2.06. The highest BCUT2D eigenvalue weighted by atomic mass is 32.2. The number of benzene rings is 1. The lowest BCUT2D eigenvalue weighted by Crippen LogP contribution is -2.07. The normalized spacial score (nSPS) is 10.3. The third kappa shape index (κ3) is 3.43. The van der Waals surface area contributed by atoms with Gasteiger partial charge in [0, 0.05) is 12.6 Å². The Morgan fingerprint density at radius 2 is 2.11 bits per heavy atom. The molecule has 0 aliphatic rings. The molecule has 0 aliphatic carbocycles. The van der Waals surface area contributed by atoms with Crippen LogP contribution < -0.4 is 5.32 Å². The molecular formula is C13H14FN3S. The van der Waals surface area contributed by atoms with Gasteiger partial charge in [0.25, 0.3) is 0 Å². The zero-order valence-electron chi connectivity index (χ0n) is 10.1. The second-order valence-corrected chi connectivity index (χ2v) is 4.54. The van der Waals surface area contributed by atoms with Crippen LogP contribution in [-0.2, 0) is 6.42 Å². The summed E-state index contributed by atoms with van der Waals surface area (Å²) in [4.78, 5) is 8.20. The molecule has 0 radical (unpaired) electrons. The molecule has 0 fully saturated rings. The van der Waals surface area contributed by atoms with Crippen molar-refractivity contribution >= 4 is 17.6 Å². The maximum absolute atomic E-state index is 13.4. The summed E-state index contributed by atoms with van der Waals surface area (Å²) >= 11 is 1.56. The molecule has 2 rings (SSSR count). The van der Waals surface area contributed by atoms with E-state index >= 15 is 0 Å². The van der Waals surface area contributed by atoms with Gasteiger partial charge >= 0.3 is 0 Å². The Hall–Kier alpha value is -1.62. The van der Waals surface area contributed by atoms with Crippen molar-refractivity contribution in [1.82, 2.24) is 9.97 Å². The summed E-state index contributed by atoms with van der Waals surface area (Å²) in [6.45, 7) is 0.645. The molecule has 0 unspecified atom stereocenters. The first kappa shape index (κ1) is 12.8. The fraction of sp³-hybridized carbons (Fsp3) is 0.231. The van der Waals surface area contributed by atoms with Gasteiger partial charge in [-0.1, -0.05) is 18.2 Å². The Bertz CT molecular complexity index is 519. The van der Waals surface area contributed by atoms with Crippen molar-refractivity contribution in [2.45, 2.75) is 11.4 Å². The highest BCUT2D eigenvalue weighted by Crippen LogP contribution is 2.14. The van der Waals surface area contributed by atoms with Crippen molar-refractivity contribution in [2.24, 2.45) is 0 Å². The largest absolute Gasteiger partial charge is 0.370 e. The molecule has 94 valence electrons. The molecule has 0 saturated carbocycles. The second kappa shape index (κ2) is 6.35. The van der Waals surface area contributed by atoms with Crippen molar-refractivity contribution in [3.63, 3.8) is 0 Å². The Labute approximate surface area is 110 Å². The van der Waals surface area contributed by atoms with E-state index in [1.807, 2.05) is 18.4 Å². The van der Waals surface area contributed by atoms with Crippen molar-refractivity contribution in [3.05, 3.63) is 48.0 Å². The number of aromatic nitrogens is 2. The van der Waals surface area contributed by atoms with E-state index in [2.05, 4.69) is 15.3 Å². The van der Waals surface area contributed by atoms with Crippen LogP contribution in [0.2, 0.25) is 0 Å². The van der Waals surface area contributed by atoms with Crippen molar-refractivity contribution in [1.29, 1.82) is 0 Å². The average Bonchev–Trinajstić information content (AvgIpc) is 2.41. The zero-order chi connectivity index (χ0) is 12.8. The number of anilines is 1. The van der Waals surface area contributed by atoms with Gasteiger partial charge in [0.1, 0.15) is 23.0 Å². The second-order valence-electron chi connectivity index (χ2n) is 3.71. The van der Waals surface area contributed by atoms with Crippen LogP contribution in [0.1, 0.15) is 5.56 Å². The van der Waals surface area contributed by atoms with Crippen LogP contribution in [0.25, 0.3) is 0 Å². The topological polar surface area (TPSA) is 37.8 Å². The van der Waals surface area contributed by atoms with Crippen LogP contribution in [0.4, 0.5) is 10.2 Å². The van der Waals surface area contributed by atoms with Crippen molar-refractivity contribution in [2.75, 3.05) is 18.1 Å². The van der Waals surface area contributed by atoms with Crippen LogP contribution in [0.15, 0.2) is 41.7 Å². The Morgan fingerprint density at radius 1 is 1.28 bits per heavy atom. The van der Waals surface area contributed by atoms with Gasteiger partial charge in [0.2, 0.25) is 0 Å². The minimum atomic E-state index is -0.160. The van der Waals surface area contributed by atoms with E-state index in [9.17, 15) is 4.39 Å². The first-order chi connectivity index (χ1) is 8.79. The van der Waals surface area contributed by atoms with Crippen molar-refractivity contribution < 1.29 is 4.39 Å². The van der Waals surface area contributed by atoms with Gasteiger partial charge in [-0.25, -0.2) is 14.4 Å². The Balaban J connectivity index is 1.90. The smallest absolute Gasteiger partial charge is 0.130 e. The van der Waals surface area contributed by atoms with E-state index in [1.54, 1.807) is 23.9 Å². The first-order valence-corrected chi connectivity index (χ1v) is 6.85. The molecule has 5 heteroatoms. The van der Waals surface area contributed by atoms with Crippen LogP contribution >= 0.6 is 11.8 Å². The summed E-state index contributed by atoms with van der Waals surface area (Å²) in [5, 5.41) is 4.08. The maximum Gasteiger partial charge on any atom is 0.130 e. The predicted molar refractivity (Wildman–Crippen MR) is 72.4 cm³/mol. The van der Waals surface area contributed by atoms with Crippen LogP contribution in [0.3, 0.4) is 0 Å². The summed E-state index contributed by atoms with van der Waals surface area (Å²) in [7, 11) is 0. The third-order valence-electron chi connectivity index (χ3n) is 2.51. The van der Waals surface area contributed by atoms with Gasteiger partial charge in [-0.15, -0.1) is 11.8 Å². The van der Waals surface area contributed by atoms with Gasteiger partial charge in [-0.2, -0.15) is 0 Å². The average molecular weight is 263 g/mol. The van der Waals surface area contributed by atoms with Crippen LogP contribution in [-0.4, -0.2) is 22.8 Å². The molecular weight excluding hydrogens is 249 g/mol. The number of hydrogen-bond donors (Lipinski definition) is 1. The van der Waals surface area contributed by atoms with Gasteiger partial charge in [-0.3, -0.25) is 0 Å². The number of halogens is 1. The molecule has 1 N–H and O–H groups in total. The summed E-state index contributed by atoms with van der Waals surface area (Å²) in [6.07, 6.45) is 4.12. The molecule has 1 heterocycles. The highest BCUT2D eigenvalue weighted by molar-refractivity contribution is 7.98. The molecule has 0 saturated heterocycles. The lowest BCUT2D eigenvalue weighted by molar-refractivity contribution is 0.610. The van der Waals surface area contributed by atoms with E-state index < -0.39 is 0 Å². The van der Waals surface area contributed by atoms with Gasteiger partial charge in [0.15, 0.2) is 0 Å². The first-order valence-electron chi connectivity index (χ1n) is 5.63. The summed E-state index contributed by atoms with van der Waals surface area (Å²) < 4.78 is 13.4. The number of hydrogen-bond acceptors (Lipinski definition) is 4. The van der Waals surface area contributed by atoms with Gasteiger partial charge in [0.05, 0.1) is 0 Å². The number of thioether (sulfide) groups is 1. The summed E-state index contributed by atoms with van der Waals surface area (Å²) in [6, 6.07) is 8.69. The number of nitrogens with zero attached hydrogens (tertiary/aromatic N) is 2. The lowest BCUT2D eigenvalue weighted by atomic mass is 10.1. The van der Waals surface area contributed by atoms with Crippen molar-refractivity contribution in [3.8, 4) is 0 Å². The molecule has 0 bridgehead atoms. The van der Waals surface area contributed by atoms with E-state index in [0.29, 0.717) is 18.5 Å².